The Hall–Kier alpha value is -3.18. The summed E-state index contributed by atoms with van der Waals surface area (Å²) >= 11 is 5.68. The Morgan fingerprint density at radius 1 is 1.24 bits per heavy atom. The second-order valence-corrected chi connectivity index (χ2v) is 6.20. The second kappa shape index (κ2) is 8.05. The van der Waals surface area contributed by atoms with Gasteiger partial charge in [-0.3, -0.25) is 10.1 Å². The summed E-state index contributed by atoms with van der Waals surface area (Å²) in [6.45, 7) is 0.185. The van der Waals surface area contributed by atoms with Crippen molar-refractivity contribution in [3.8, 4) is 5.75 Å². The Labute approximate surface area is 166 Å². The lowest BCUT2D eigenvalue weighted by Crippen LogP contribution is -2.11. The van der Waals surface area contributed by atoms with E-state index in [2.05, 4.69) is 15.3 Å². The molecule has 152 valence electrons. The summed E-state index contributed by atoms with van der Waals surface area (Å²) in [6.07, 6.45) is -3.56. The van der Waals surface area contributed by atoms with E-state index in [-0.39, 0.29) is 46.3 Å². The van der Waals surface area contributed by atoms with Crippen LogP contribution in [0.1, 0.15) is 5.56 Å². The number of alkyl halides is 3. The van der Waals surface area contributed by atoms with Gasteiger partial charge >= 0.3 is 11.9 Å². The zero-order chi connectivity index (χ0) is 21.2. The third kappa shape index (κ3) is 4.46. The summed E-state index contributed by atoms with van der Waals surface area (Å²) < 4.78 is 45.3. The molecule has 0 radical (unpaired) electrons. The first-order valence-electron chi connectivity index (χ1n) is 8.10. The molecule has 0 saturated carbocycles. The highest BCUT2D eigenvalue weighted by Gasteiger charge is 2.34. The largest absolute Gasteiger partial charge is 0.485 e. The number of anilines is 2. The highest BCUT2D eigenvalue weighted by Crippen LogP contribution is 2.39. The summed E-state index contributed by atoms with van der Waals surface area (Å²) in [5, 5.41) is 14.0. The van der Waals surface area contributed by atoms with Gasteiger partial charge in [-0.15, -0.1) is 0 Å². The SMILES string of the molecule is NCCOc1cc2ncnc(Nc3ccc(Cl)cc3C(F)(F)F)c2cc1[N+](=O)[O-]. The van der Waals surface area contributed by atoms with Crippen LogP contribution in [0.2, 0.25) is 5.02 Å². The van der Waals surface area contributed by atoms with Crippen molar-refractivity contribution in [1.29, 1.82) is 0 Å². The van der Waals surface area contributed by atoms with Crippen LogP contribution >= 0.6 is 11.6 Å². The molecule has 12 heteroatoms. The Morgan fingerprint density at radius 2 is 2.00 bits per heavy atom. The first-order chi connectivity index (χ1) is 13.7. The normalized spacial score (nSPS) is 11.5. The van der Waals surface area contributed by atoms with Crippen LogP contribution < -0.4 is 15.8 Å². The van der Waals surface area contributed by atoms with Crippen molar-refractivity contribution < 1.29 is 22.8 Å². The predicted molar refractivity (Wildman–Crippen MR) is 100 cm³/mol. The molecule has 2 aromatic carbocycles. The molecule has 0 amide bonds. The number of ether oxygens (including phenoxy) is 1. The number of nitro benzene ring substituents is 1. The fourth-order valence-electron chi connectivity index (χ4n) is 2.59. The maximum atomic E-state index is 13.3. The van der Waals surface area contributed by atoms with Gasteiger partial charge in [-0.05, 0) is 18.2 Å². The standard InChI is InChI=1S/C17H13ClF3N5O3/c18-9-1-2-12(11(5-9)17(19,20)21)25-16-10-6-14(26(27)28)15(29-4-3-22)7-13(10)23-8-24-16/h1-2,5-8H,3-4,22H2,(H,23,24,25). The Bertz CT molecular complexity index is 1080. The van der Waals surface area contributed by atoms with Crippen LogP contribution in [0.15, 0.2) is 36.7 Å². The van der Waals surface area contributed by atoms with Crippen molar-refractivity contribution in [2.75, 3.05) is 18.5 Å². The molecule has 1 heterocycles. The predicted octanol–water partition coefficient (Wildman–Crippen LogP) is 4.29. The second-order valence-electron chi connectivity index (χ2n) is 5.77. The molecule has 1 aromatic heterocycles. The first-order valence-corrected chi connectivity index (χ1v) is 8.48. The lowest BCUT2D eigenvalue weighted by atomic mass is 10.1. The van der Waals surface area contributed by atoms with Gasteiger partial charge in [-0.2, -0.15) is 13.2 Å². The van der Waals surface area contributed by atoms with E-state index in [4.69, 9.17) is 22.1 Å². The molecular weight excluding hydrogens is 415 g/mol. The fourth-order valence-corrected chi connectivity index (χ4v) is 2.76. The summed E-state index contributed by atoms with van der Waals surface area (Å²) in [5.41, 5.74) is 3.88. The number of halogens is 4. The zero-order valence-corrected chi connectivity index (χ0v) is 15.3. The number of fused-ring (bicyclic) bond motifs is 1. The Kier molecular flexibility index (Phi) is 5.71. The number of nitrogens with one attached hydrogen (secondary N) is 1. The van der Waals surface area contributed by atoms with E-state index in [1.165, 1.54) is 12.1 Å². The molecule has 0 aliphatic carbocycles. The maximum Gasteiger partial charge on any atom is 0.418 e. The molecule has 0 saturated heterocycles. The van der Waals surface area contributed by atoms with Gasteiger partial charge < -0.3 is 15.8 Å². The first kappa shape index (κ1) is 20.6. The van der Waals surface area contributed by atoms with Gasteiger partial charge in [-0.1, -0.05) is 11.6 Å². The molecule has 3 aromatic rings. The molecule has 0 fully saturated rings. The zero-order valence-electron chi connectivity index (χ0n) is 14.5. The third-order valence-electron chi connectivity index (χ3n) is 3.83. The third-order valence-corrected chi connectivity index (χ3v) is 4.06. The summed E-state index contributed by atoms with van der Waals surface area (Å²) in [7, 11) is 0. The van der Waals surface area contributed by atoms with E-state index in [1.54, 1.807) is 0 Å². The molecule has 0 unspecified atom stereocenters. The lowest BCUT2D eigenvalue weighted by Gasteiger charge is -2.15. The monoisotopic (exact) mass is 427 g/mol. The van der Waals surface area contributed by atoms with Gasteiger partial charge in [0.15, 0.2) is 5.75 Å². The van der Waals surface area contributed by atoms with Crippen LogP contribution in [0.4, 0.5) is 30.4 Å². The van der Waals surface area contributed by atoms with Crippen molar-refractivity contribution in [3.05, 3.63) is 57.4 Å². The average Bonchev–Trinajstić information content (AvgIpc) is 2.66. The minimum absolute atomic E-state index is 0.0439. The number of hydrogen-bond donors (Lipinski definition) is 2. The van der Waals surface area contributed by atoms with Gasteiger partial charge in [0.2, 0.25) is 0 Å². The van der Waals surface area contributed by atoms with Crippen LogP contribution in [0.5, 0.6) is 5.75 Å². The van der Waals surface area contributed by atoms with Crippen LogP contribution in [-0.4, -0.2) is 28.0 Å². The molecule has 0 aliphatic rings. The molecule has 29 heavy (non-hydrogen) atoms. The molecule has 0 aliphatic heterocycles. The van der Waals surface area contributed by atoms with Crippen LogP contribution in [-0.2, 0) is 6.18 Å². The molecule has 8 nitrogen and oxygen atoms in total. The van der Waals surface area contributed by atoms with Gasteiger partial charge in [-0.25, -0.2) is 9.97 Å². The number of rotatable bonds is 6. The number of aromatic nitrogens is 2. The van der Waals surface area contributed by atoms with E-state index in [0.29, 0.717) is 0 Å². The fraction of sp³-hybridized carbons (Fsp3) is 0.176. The van der Waals surface area contributed by atoms with E-state index in [0.717, 1.165) is 24.5 Å². The van der Waals surface area contributed by atoms with Crippen LogP contribution in [0.25, 0.3) is 10.9 Å². The summed E-state index contributed by atoms with van der Waals surface area (Å²) in [6, 6.07) is 5.64. The Morgan fingerprint density at radius 3 is 2.66 bits per heavy atom. The van der Waals surface area contributed by atoms with Gasteiger partial charge in [0.1, 0.15) is 18.8 Å². The topological polar surface area (TPSA) is 116 Å². The number of nitrogens with two attached hydrogens (primary N) is 1. The van der Waals surface area contributed by atoms with Gasteiger partial charge in [0.25, 0.3) is 0 Å². The van der Waals surface area contributed by atoms with Crippen LogP contribution in [0, 0.1) is 10.1 Å². The highest BCUT2D eigenvalue weighted by atomic mass is 35.5. The van der Waals surface area contributed by atoms with Crippen molar-refractivity contribution in [2.24, 2.45) is 5.73 Å². The molecule has 0 atom stereocenters. The van der Waals surface area contributed by atoms with Crippen molar-refractivity contribution in [3.63, 3.8) is 0 Å². The summed E-state index contributed by atoms with van der Waals surface area (Å²) in [4.78, 5) is 18.7. The molecule has 0 bridgehead atoms. The lowest BCUT2D eigenvalue weighted by molar-refractivity contribution is -0.385. The van der Waals surface area contributed by atoms with Crippen molar-refractivity contribution >= 4 is 39.7 Å². The maximum absolute atomic E-state index is 13.3. The molecule has 3 rings (SSSR count). The smallest absolute Gasteiger partial charge is 0.418 e. The van der Waals surface area contributed by atoms with E-state index in [1.807, 2.05) is 0 Å². The minimum atomic E-state index is -4.68. The number of nitrogens with zero attached hydrogens (tertiary/aromatic N) is 3. The van der Waals surface area contributed by atoms with E-state index >= 15 is 0 Å². The highest BCUT2D eigenvalue weighted by molar-refractivity contribution is 6.30. The van der Waals surface area contributed by atoms with Gasteiger partial charge in [0.05, 0.1) is 27.1 Å². The van der Waals surface area contributed by atoms with Crippen LogP contribution in [0.3, 0.4) is 0 Å². The van der Waals surface area contributed by atoms with E-state index < -0.39 is 22.4 Å². The number of nitro groups is 1. The average molecular weight is 428 g/mol. The van der Waals surface area contributed by atoms with Crippen molar-refractivity contribution in [1.82, 2.24) is 9.97 Å². The van der Waals surface area contributed by atoms with E-state index in [9.17, 15) is 23.3 Å². The molecule has 0 spiro atoms. The summed E-state index contributed by atoms with van der Waals surface area (Å²) in [5.74, 6) is -0.101. The number of hydrogen-bond acceptors (Lipinski definition) is 7. The van der Waals surface area contributed by atoms with Gasteiger partial charge in [0, 0.05) is 23.7 Å². The molecule has 3 N–H and O–H groups in total. The number of benzene rings is 2. The Balaban J connectivity index is 2.12. The molecular formula is C17H13ClF3N5O3. The van der Waals surface area contributed by atoms with Crippen molar-refractivity contribution in [2.45, 2.75) is 6.18 Å². The minimum Gasteiger partial charge on any atom is -0.485 e. The quantitative estimate of drug-likeness (QED) is 0.445.